The van der Waals surface area contributed by atoms with Crippen molar-refractivity contribution in [3.05, 3.63) is 66.4 Å². The third kappa shape index (κ3) is 3.80. The molecule has 0 aliphatic heterocycles. The number of phenolic OH excluding ortho intramolecular Hbond substituents is 1. The molecule has 2 N–H and O–H groups in total. The van der Waals surface area contributed by atoms with Crippen LogP contribution in [0.3, 0.4) is 0 Å². The molecule has 0 saturated carbocycles. The van der Waals surface area contributed by atoms with Gasteiger partial charge in [0.25, 0.3) is 0 Å². The van der Waals surface area contributed by atoms with Gasteiger partial charge in [-0.2, -0.15) is 4.98 Å². The second-order valence-corrected chi connectivity index (χ2v) is 5.84. The Morgan fingerprint density at radius 3 is 2.48 bits per heavy atom. The van der Waals surface area contributed by atoms with E-state index in [1.807, 2.05) is 30.3 Å². The molecular weight excluding hydrogens is 322 g/mol. The van der Waals surface area contributed by atoms with Gasteiger partial charge < -0.3 is 19.4 Å². The molecule has 0 amide bonds. The summed E-state index contributed by atoms with van der Waals surface area (Å²) in [6.07, 6.45) is 1.47. The number of phenols is 1. The zero-order chi connectivity index (χ0) is 17.9. The Labute approximate surface area is 144 Å². The fourth-order valence-corrected chi connectivity index (χ4v) is 2.39. The summed E-state index contributed by atoms with van der Waals surface area (Å²) in [4.78, 5) is 15.8. The Hall–Kier alpha value is -3.28. The summed E-state index contributed by atoms with van der Waals surface area (Å²) in [7, 11) is 0. The summed E-state index contributed by atoms with van der Waals surface area (Å²) >= 11 is 0. The normalized spacial score (nSPS) is 13.2. The maximum absolute atomic E-state index is 11.7. The number of aliphatic carboxylic acids is 1. The monoisotopic (exact) mass is 339 g/mol. The standard InChI is InChI=1S/C19H17NO5/c1-19(17(22)23,11-13-7-9-15(21)10-8-13)25-18-20-12-16(24-18)14-5-3-2-4-6-14/h2-10,12,21H,11H2,1H3,(H,22,23). The van der Waals surface area contributed by atoms with Crippen LogP contribution in [-0.2, 0) is 11.2 Å². The lowest BCUT2D eigenvalue weighted by molar-refractivity contribution is -0.155. The number of rotatable bonds is 6. The largest absolute Gasteiger partial charge is 0.508 e. The number of aromatic hydroxyl groups is 1. The van der Waals surface area contributed by atoms with Crippen LogP contribution in [0.4, 0.5) is 0 Å². The highest BCUT2D eigenvalue weighted by Gasteiger charge is 2.37. The van der Waals surface area contributed by atoms with Crippen LogP contribution >= 0.6 is 0 Å². The van der Waals surface area contributed by atoms with Gasteiger partial charge in [-0.05, 0) is 24.6 Å². The van der Waals surface area contributed by atoms with Crippen molar-refractivity contribution in [1.29, 1.82) is 0 Å². The molecule has 0 aliphatic carbocycles. The van der Waals surface area contributed by atoms with Gasteiger partial charge in [0, 0.05) is 12.0 Å². The lowest BCUT2D eigenvalue weighted by Gasteiger charge is -2.24. The predicted octanol–water partition coefficient (Wildman–Crippen LogP) is 3.51. The van der Waals surface area contributed by atoms with Crippen LogP contribution in [0.25, 0.3) is 11.3 Å². The van der Waals surface area contributed by atoms with Crippen LogP contribution < -0.4 is 4.74 Å². The predicted molar refractivity (Wildman–Crippen MR) is 90.4 cm³/mol. The molecule has 1 aromatic heterocycles. The Morgan fingerprint density at radius 1 is 1.16 bits per heavy atom. The number of benzene rings is 2. The van der Waals surface area contributed by atoms with Crippen molar-refractivity contribution in [2.75, 3.05) is 0 Å². The highest BCUT2D eigenvalue weighted by Crippen LogP contribution is 2.27. The lowest BCUT2D eigenvalue weighted by Crippen LogP contribution is -2.43. The van der Waals surface area contributed by atoms with Crippen molar-refractivity contribution in [2.24, 2.45) is 0 Å². The number of hydrogen-bond acceptors (Lipinski definition) is 5. The number of hydrogen-bond donors (Lipinski definition) is 2. The fourth-order valence-electron chi connectivity index (χ4n) is 2.39. The first kappa shape index (κ1) is 16.6. The molecule has 3 rings (SSSR count). The van der Waals surface area contributed by atoms with E-state index in [2.05, 4.69) is 4.98 Å². The van der Waals surface area contributed by atoms with E-state index in [4.69, 9.17) is 9.15 Å². The summed E-state index contributed by atoms with van der Waals surface area (Å²) in [5, 5.41) is 18.9. The second kappa shape index (κ2) is 6.68. The van der Waals surface area contributed by atoms with Gasteiger partial charge in [0.15, 0.2) is 5.76 Å². The molecule has 25 heavy (non-hydrogen) atoms. The van der Waals surface area contributed by atoms with Gasteiger partial charge in [0.05, 0.1) is 6.20 Å². The van der Waals surface area contributed by atoms with Gasteiger partial charge in [0.2, 0.25) is 5.60 Å². The number of carbonyl (C=O) groups is 1. The first-order valence-corrected chi connectivity index (χ1v) is 7.68. The highest BCUT2D eigenvalue weighted by molar-refractivity contribution is 5.77. The van der Waals surface area contributed by atoms with E-state index in [0.717, 1.165) is 5.56 Å². The molecule has 0 aliphatic rings. The van der Waals surface area contributed by atoms with Gasteiger partial charge in [-0.3, -0.25) is 0 Å². The molecule has 3 aromatic rings. The molecule has 1 atom stereocenters. The number of nitrogens with zero attached hydrogens (tertiary/aromatic N) is 1. The average Bonchev–Trinajstić information content (AvgIpc) is 3.06. The van der Waals surface area contributed by atoms with E-state index >= 15 is 0 Å². The first-order valence-electron chi connectivity index (χ1n) is 7.68. The summed E-state index contributed by atoms with van der Waals surface area (Å²) in [6.45, 7) is 1.45. The molecule has 0 saturated heterocycles. The Balaban J connectivity index is 1.81. The number of ether oxygens (including phenoxy) is 1. The van der Waals surface area contributed by atoms with Crippen LogP contribution in [0.5, 0.6) is 11.8 Å². The van der Waals surface area contributed by atoms with Crippen molar-refractivity contribution in [1.82, 2.24) is 4.98 Å². The zero-order valence-electron chi connectivity index (χ0n) is 13.5. The molecule has 6 heteroatoms. The van der Waals surface area contributed by atoms with E-state index in [1.54, 1.807) is 12.1 Å². The van der Waals surface area contributed by atoms with Gasteiger partial charge in [-0.1, -0.05) is 42.5 Å². The van der Waals surface area contributed by atoms with Gasteiger partial charge >= 0.3 is 12.0 Å². The first-order chi connectivity index (χ1) is 12.0. The van der Waals surface area contributed by atoms with Crippen molar-refractivity contribution in [2.45, 2.75) is 18.9 Å². The van der Waals surface area contributed by atoms with Crippen molar-refractivity contribution in [3.8, 4) is 23.1 Å². The molecule has 128 valence electrons. The molecule has 0 spiro atoms. The van der Waals surface area contributed by atoms with Crippen LogP contribution in [0.2, 0.25) is 0 Å². The number of aromatic nitrogens is 1. The van der Waals surface area contributed by atoms with E-state index in [0.29, 0.717) is 11.3 Å². The number of carboxylic acid groups (broad SMARTS) is 1. The topological polar surface area (TPSA) is 92.8 Å². The maximum Gasteiger partial charge on any atom is 0.395 e. The molecular formula is C19H17NO5. The minimum absolute atomic E-state index is 0.0890. The molecule has 0 radical (unpaired) electrons. The smallest absolute Gasteiger partial charge is 0.395 e. The number of carboxylic acids is 1. The summed E-state index contributed by atoms with van der Waals surface area (Å²) in [6, 6.07) is 15.6. The third-order valence-corrected chi connectivity index (χ3v) is 3.79. The summed E-state index contributed by atoms with van der Waals surface area (Å²) < 4.78 is 11.1. The zero-order valence-corrected chi connectivity index (χ0v) is 13.5. The summed E-state index contributed by atoms with van der Waals surface area (Å²) in [5.41, 5.74) is -0.0339. The summed E-state index contributed by atoms with van der Waals surface area (Å²) in [5.74, 6) is -0.532. The highest BCUT2D eigenvalue weighted by atomic mass is 16.6. The van der Waals surface area contributed by atoms with E-state index in [1.165, 1.54) is 25.3 Å². The van der Waals surface area contributed by atoms with Crippen LogP contribution in [0, 0.1) is 0 Å². The van der Waals surface area contributed by atoms with Crippen LogP contribution in [-0.4, -0.2) is 26.8 Å². The Morgan fingerprint density at radius 2 is 1.84 bits per heavy atom. The SMILES string of the molecule is CC(Cc1ccc(O)cc1)(Oc1ncc(-c2ccccc2)o1)C(=O)O. The lowest BCUT2D eigenvalue weighted by atomic mass is 9.96. The van der Waals surface area contributed by atoms with Gasteiger partial charge in [-0.25, -0.2) is 4.79 Å². The quantitative estimate of drug-likeness (QED) is 0.714. The average molecular weight is 339 g/mol. The van der Waals surface area contributed by atoms with Crippen molar-refractivity contribution >= 4 is 5.97 Å². The van der Waals surface area contributed by atoms with Gasteiger partial charge in [-0.15, -0.1) is 0 Å². The maximum atomic E-state index is 11.7. The molecule has 0 fully saturated rings. The van der Waals surface area contributed by atoms with E-state index in [9.17, 15) is 15.0 Å². The Kier molecular flexibility index (Phi) is 4.43. The molecule has 1 unspecified atom stereocenters. The molecule has 0 bridgehead atoms. The van der Waals surface area contributed by atoms with Crippen molar-refractivity contribution < 1.29 is 24.2 Å². The second-order valence-electron chi connectivity index (χ2n) is 5.84. The minimum Gasteiger partial charge on any atom is -0.508 e. The van der Waals surface area contributed by atoms with Gasteiger partial charge in [0.1, 0.15) is 5.75 Å². The van der Waals surface area contributed by atoms with Crippen LogP contribution in [0.1, 0.15) is 12.5 Å². The van der Waals surface area contributed by atoms with Crippen molar-refractivity contribution in [3.63, 3.8) is 0 Å². The Bertz CT molecular complexity index is 857. The third-order valence-electron chi connectivity index (χ3n) is 3.79. The van der Waals surface area contributed by atoms with E-state index in [-0.39, 0.29) is 18.2 Å². The molecule has 6 nitrogen and oxygen atoms in total. The number of oxazole rings is 1. The van der Waals surface area contributed by atoms with Crippen LogP contribution in [0.15, 0.2) is 65.2 Å². The van der Waals surface area contributed by atoms with E-state index < -0.39 is 11.6 Å². The molecule has 2 aromatic carbocycles. The fraction of sp³-hybridized carbons (Fsp3) is 0.158. The minimum atomic E-state index is -1.56. The molecule has 1 heterocycles.